The van der Waals surface area contributed by atoms with Crippen molar-refractivity contribution >= 4 is 11.8 Å². The summed E-state index contributed by atoms with van der Waals surface area (Å²) >= 11 is 0. The molecule has 3 unspecified atom stereocenters. The topological polar surface area (TPSA) is 53.1 Å². The highest BCUT2D eigenvalue weighted by Crippen LogP contribution is 2.33. The number of piperidine rings is 2. The molecule has 3 aliphatic rings. The van der Waals surface area contributed by atoms with Gasteiger partial charge in [0, 0.05) is 45.0 Å². The Bertz CT molecular complexity index is 825. The van der Waals surface area contributed by atoms with Gasteiger partial charge < -0.3 is 19.4 Å². The van der Waals surface area contributed by atoms with Gasteiger partial charge in [-0.15, -0.1) is 0 Å². The average molecular weight is 456 g/mol. The molecule has 6 heteroatoms. The van der Waals surface area contributed by atoms with Gasteiger partial charge in [-0.25, -0.2) is 0 Å². The molecule has 3 heterocycles. The number of nitrogens with zero attached hydrogens (tertiary/aromatic N) is 3. The minimum Gasteiger partial charge on any atom is -0.385 e. The summed E-state index contributed by atoms with van der Waals surface area (Å²) < 4.78 is 5.30. The van der Waals surface area contributed by atoms with E-state index in [2.05, 4.69) is 23.6 Å². The van der Waals surface area contributed by atoms with Crippen LogP contribution in [0.3, 0.4) is 0 Å². The molecule has 0 bridgehead atoms. The number of amides is 2. The van der Waals surface area contributed by atoms with Crippen LogP contribution in [-0.4, -0.2) is 78.5 Å². The Balaban J connectivity index is 1.53. The van der Waals surface area contributed by atoms with Crippen molar-refractivity contribution < 1.29 is 14.3 Å². The van der Waals surface area contributed by atoms with Crippen LogP contribution >= 0.6 is 0 Å². The van der Waals surface area contributed by atoms with E-state index in [0.717, 1.165) is 24.1 Å². The molecule has 3 aliphatic heterocycles. The Hall–Kier alpha value is -1.92. The second-order valence-electron chi connectivity index (χ2n) is 10.4. The van der Waals surface area contributed by atoms with E-state index >= 15 is 0 Å². The van der Waals surface area contributed by atoms with Gasteiger partial charge in [-0.05, 0) is 68.7 Å². The predicted octanol–water partition coefficient (Wildman–Crippen LogP) is 3.80. The van der Waals surface area contributed by atoms with E-state index in [1.54, 1.807) is 7.11 Å². The van der Waals surface area contributed by atoms with Crippen molar-refractivity contribution in [3.63, 3.8) is 0 Å². The molecule has 1 aromatic carbocycles. The molecule has 4 rings (SSSR count). The molecular formula is C27H41N3O3. The van der Waals surface area contributed by atoms with Crippen LogP contribution in [0.5, 0.6) is 0 Å². The van der Waals surface area contributed by atoms with Crippen molar-refractivity contribution in [2.24, 2.45) is 11.8 Å². The van der Waals surface area contributed by atoms with E-state index in [-0.39, 0.29) is 17.7 Å². The molecular weight excluding hydrogens is 414 g/mol. The van der Waals surface area contributed by atoms with E-state index < -0.39 is 6.04 Å². The molecule has 182 valence electrons. The van der Waals surface area contributed by atoms with Crippen LogP contribution in [0.15, 0.2) is 24.3 Å². The third-order valence-corrected chi connectivity index (χ3v) is 7.84. The van der Waals surface area contributed by atoms with Crippen molar-refractivity contribution in [1.29, 1.82) is 0 Å². The summed E-state index contributed by atoms with van der Waals surface area (Å²) in [5.74, 6) is 0.670. The zero-order valence-corrected chi connectivity index (χ0v) is 20.7. The van der Waals surface area contributed by atoms with Gasteiger partial charge in [0.05, 0.1) is 0 Å². The first-order valence-corrected chi connectivity index (χ1v) is 12.9. The second kappa shape index (κ2) is 11.0. The average Bonchev–Trinajstić information content (AvgIpc) is 3.14. The molecule has 0 aliphatic carbocycles. The van der Waals surface area contributed by atoms with Gasteiger partial charge in [-0.3, -0.25) is 9.59 Å². The molecule has 1 aromatic rings. The van der Waals surface area contributed by atoms with Gasteiger partial charge in [-0.2, -0.15) is 0 Å². The summed E-state index contributed by atoms with van der Waals surface area (Å²) in [6.45, 7) is 9.18. The summed E-state index contributed by atoms with van der Waals surface area (Å²) in [7, 11) is 1.71. The Labute approximate surface area is 199 Å². The number of hydrogen-bond acceptors (Lipinski definition) is 4. The minimum absolute atomic E-state index is 0.00869. The van der Waals surface area contributed by atoms with E-state index in [0.29, 0.717) is 31.7 Å². The predicted molar refractivity (Wildman–Crippen MR) is 130 cm³/mol. The maximum absolute atomic E-state index is 14.1. The van der Waals surface area contributed by atoms with Crippen LogP contribution in [0.2, 0.25) is 0 Å². The van der Waals surface area contributed by atoms with Gasteiger partial charge in [0.1, 0.15) is 6.04 Å². The summed E-state index contributed by atoms with van der Waals surface area (Å²) in [5, 5.41) is 0. The number of ether oxygens (including phenoxy) is 1. The zero-order valence-electron chi connectivity index (χ0n) is 20.7. The Morgan fingerprint density at radius 2 is 1.94 bits per heavy atom. The summed E-state index contributed by atoms with van der Waals surface area (Å²) in [6.07, 6.45) is 7.07. The number of carbonyl (C=O) groups excluding carboxylic acids is 2. The fraction of sp³-hybridized carbons (Fsp3) is 0.704. The fourth-order valence-corrected chi connectivity index (χ4v) is 6.23. The van der Waals surface area contributed by atoms with Crippen LogP contribution in [0.1, 0.15) is 68.3 Å². The lowest BCUT2D eigenvalue weighted by molar-refractivity contribution is -0.139. The van der Waals surface area contributed by atoms with Gasteiger partial charge >= 0.3 is 0 Å². The molecule has 3 atom stereocenters. The van der Waals surface area contributed by atoms with Crippen LogP contribution in [-0.2, 0) is 16.1 Å². The molecule has 0 radical (unpaired) electrons. The lowest BCUT2D eigenvalue weighted by Gasteiger charge is -2.46. The van der Waals surface area contributed by atoms with Gasteiger partial charge in [0.15, 0.2) is 0 Å². The van der Waals surface area contributed by atoms with Crippen LogP contribution in [0.25, 0.3) is 0 Å². The molecule has 2 amide bonds. The number of carbonyl (C=O) groups is 2. The molecule has 0 N–H and O–H groups in total. The molecule has 2 fully saturated rings. The van der Waals surface area contributed by atoms with Crippen LogP contribution < -0.4 is 0 Å². The SMILES string of the molecule is COCCCN(CC1CCCN2CCCCC12)C(=O)C(C(C)C)N1Cc2ccccc2C1=O. The Morgan fingerprint density at radius 1 is 1.15 bits per heavy atom. The third-order valence-electron chi connectivity index (χ3n) is 7.84. The third kappa shape index (κ3) is 5.27. The van der Waals surface area contributed by atoms with E-state index in [9.17, 15) is 9.59 Å². The highest BCUT2D eigenvalue weighted by Gasteiger charge is 2.41. The lowest BCUT2D eigenvalue weighted by atomic mass is 9.83. The monoisotopic (exact) mass is 455 g/mol. The lowest BCUT2D eigenvalue weighted by Crippen LogP contribution is -2.55. The van der Waals surface area contributed by atoms with Gasteiger partial charge in [0.25, 0.3) is 5.91 Å². The molecule has 0 aromatic heterocycles. The molecule has 0 spiro atoms. The van der Waals surface area contributed by atoms with Crippen LogP contribution in [0.4, 0.5) is 0 Å². The van der Waals surface area contributed by atoms with E-state index in [1.165, 1.54) is 45.2 Å². The quantitative estimate of drug-likeness (QED) is 0.532. The summed E-state index contributed by atoms with van der Waals surface area (Å²) in [6, 6.07) is 7.93. The molecule has 0 saturated carbocycles. The van der Waals surface area contributed by atoms with Crippen molar-refractivity contribution in [2.75, 3.05) is 39.9 Å². The fourth-order valence-electron chi connectivity index (χ4n) is 6.23. The molecule has 2 saturated heterocycles. The van der Waals surface area contributed by atoms with E-state index in [4.69, 9.17) is 4.74 Å². The Morgan fingerprint density at radius 3 is 2.70 bits per heavy atom. The second-order valence-corrected chi connectivity index (χ2v) is 10.4. The molecule has 6 nitrogen and oxygen atoms in total. The first-order chi connectivity index (χ1) is 16.0. The van der Waals surface area contributed by atoms with Crippen molar-refractivity contribution in [3.8, 4) is 0 Å². The highest BCUT2D eigenvalue weighted by atomic mass is 16.5. The minimum atomic E-state index is -0.432. The smallest absolute Gasteiger partial charge is 0.255 e. The van der Waals surface area contributed by atoms with Crippen molar-refractivity contribution in [2.45, 2.75) is 71.0 Å². The van der Waals surface area contributed by atoms with Gasteiger partial charge in [0.2, 0.25) is 5.91 Å². The number of rotatable bonds is 9. The maximum Gasteiger partial charge on any atom is 0.255 e. The number of hydrogen-bond donors (Lipinski definition) is 0. The summed E-state index contributed by atoms with van der Waals surface area (Å²) in [4.78, 5) is 33.9. The normalized spacial score (nSPS) is 24.0. The first-order valence-electron chi connectivity index (χ1n) is 12.9. The number of benzene rings is 1. The van der Waals surface area contributed by atoms with Gasteiger partial charge in [-0.1, -0.05) is 38.5 Å². The summed E-state index contributed by atoms with van der Waals surface area (Å²) in [5.41, 5.74) is 1.77. The zero-order chi connectivity index (χ0) is 23.4. The Kier molecular flexibility index (Phi) is 8.07. The van der Waals surface area contributed by atoms with Crippen molar-refractivity contribution in [1.82, 2.24) is 14.7 Å². The molecule has 33 heavy (non-hydrogen) atoms. The standard InChI is InChI=1S/C27H41N3O3/c1-20(2)25(30-19-21-10-4-5-12-23(21)26(30)31)27(32)29(16-9-17-33-3)18-22-11-8-15-28-14-7-6-13-24(22)28/h4-5,10,12,20,22,24-25H,6-9,11,13-19H2,1-3H3. The first kappa shape index (κ1) is 24.2. The van der Waals surface area contributed by atoms with E-state index in [1.807, 2.05) is 29.2 Å². The number of fused-ring (bicyclic) bond motifs is 2. The van der Waals surface area contributed by atoms with Crippen molar-refractivity contribution in [3.05, 3.63) is 35.4 Å². The maximum atomic E-state index is 14.1. The largest absolute Gasteiger partial charge is 0.385 e. The van der Waals surface area contributed by atoms with Crippen LogP contribution in [0, 0.1) is 11.8 Å². The highest BCUT2D eigenvalue weighted by molar-refractivity contribution is 6.01. The number of methoxy groups -OCH3 is 1.